The summed E-state index contributed by atoms with van der Waals surface area (Å²) in [5.74, 6) is 0.525. The van der Waals surface area contributed by atoms with Crippen molar-refractivity contribution in [3.8, 4) is 11.1 Å². The van der Waals surface area contributed by atoms with Crippen molar-refractivity contribution in [2.75, 3.05) is 6.54 Å². The van der Waals surface area contributed by atoms with Crippen LogP contribution in [0.5, 0.6) is 0 Å². The molecular weight excluding hydrogens is 573 g/mol. The van der Waals surface area contributed by atoms with Crippen LogP contribution in [0, 0.1) is 18.7 Å². The Morgan fingerprint density at radius 3 is 2.43 bits per heavy atom. The highest BCUT2D eigenvalue weighted by molar-refractivity contribution is 6.74. The molecule has 2 N–H and O–H groups in total. The third-order valence-corrected chi connectivity index (χ3v) is 14.0. The highest BCUT2D eigenvalue weighted by Gasteiger charge is 2.48. The Balaban J connectivity index is 1.45. The molecule has 1 aromatic heterocycles. The molecule has 1 fully saturated rings. The van der Waals surface area contributed by atoms with Gasteiger partial charge in [-0.1, -0.05) is 82.2 Å². The number of nitrogens with one attached hydrogen (secondary N) is 2. The minimum Gasteiger partial charge on any atom is -0.412 e. The Morgan fingerprint density at radius 1 is 1.16 bits per heavy atom. The summed E-state index contributed by atoms with van der Waals surface area (Å²) in [5, 5.41) is 4.10. The van der Waals surface area contributed by atoms with E-state index in [9.17, 15) is 9.18 Å². The van der Waals surface area contributed by atoms with Gasteiger partial charge in [-0.3, -0.25) is 4.79 Å². The Morgan fingerprint density at radius 2 is 1.84 bits per heavy atom. The van der Waals surface area contributed by atoms with E-state index in [0.717, 1.165) is 16.8 Å². The molecule has 2 aliphatic heterocycles. The summed E-state index contributed by atoms with van der Waals surface area (Å²) in [6.45, 7) is 19.6. The number of benzene rings is 2. The van der Waals surface area contributed by atoms with Gasteiger partial charge in [0.2, 0.25) is 5.91 Å². The fourth-order valence-electron chi connectivity index (χ4n) is 5.87. The van der Waals surface area contributed by atoms with Gasteiger partial charge in [-0.15, -0.1) is 0 Å². The van der Waals surface area contributed by atoms with Crippen molar-refractivity contribution in [2.45, 2.75) is 96.7 Å². The maximum Gasteiger partial charge on any atom is 0.234 e. The van der Waals surface area contributed by atoms with Gasteiger partial charge in [0.25, 0.3) is 0 Å². The Labute approximate surface area is 261 Å². The number of hydrogen-bond donors (Lipinski definition) is 2. The summed E-state index contributed by atoms with van der Waals surface area (Å²) < 4.78 is 26.9. The molecule has 236 valence electrons. The minimum absolute atomic E-state index is 0.00527. The zero-order valence-electron chi connectivity index (χ0n) is 27.4. The molecule has 0 saturated carbocycles. The van der Waals surface area contributed by atoms with Crippen LogP contribution in [0.25, 0.3) is 11.1 Å². The predicted octanol–water partition coefficient (Wildman–Crippen LogP) is 6.90. The maximum absolute atomic E-state index is 14.4. The summed E-state index contributed by atoms with van der Waals surface area (Å²) in [4.78, 5) is 21.4. The van der Waals surface area contributed by atoms with E-state index in [1.165, 1.54) is 6.07 Å². The fourth-order valence-corrected chi connectivity index (χ4v) is 7.23. The number of aliphatic imine (C=N–C) groups is 1. The van der Waals surface area contributed by atoms with Crippen molar-refractivity contribution in [1.29, 1.82) is 0 Å². The fraction of sp³-hybridized carbons (Fsp3) is 0.500. The molecule has 0 spiro atoms. The molecule has 2 aromatic carbocycles. The van der Waals surface area contributed by atoms with Gasteiger partial charge in [0, 0.05) is 24.6 Å². The number of hydrogen-bond acceptors (Lipinski definition) is 7. The second kappa shape index (κ2) is 11.9. The molecule has 8 nitrogen and oxygen atoms in total. The first-order valence-corrected chi connectivity index (χ1v) is 18.4. The number of aromatic nitrogens is 1. The van der Waals surface area contributed by atoms with Crippen LogP contribution in [-0.4, -0.2) is 48.8 Å². The molecular formula is C34H46FN5O3Si. The lowest BCUT2D eigenvalue weighted by Gasteiger charge is -2.38. The molecule has 2 aliphatic rings. The molecule has 3 unspecified atom stereocenters. The molecule has 4 atom stereocenters. The van der Waals surface area contributed by atoms with Gasteiger partial charge in [0.15, 0.2) is 14.0 Å². The predicted molar refractivity (Wildman–Crippen MR) is 174 cm³/mol. The van der Waals surface area contributed by atoms with Gasteiger partial charge < -0.3 is 19.3 Å². The van der Waals surface area contributed by atoms with Crippen LogP contribution in [0.15, 0.2) is 64.1 Å². The van der Waals surface area contributed by atoms with E-state index in [2.05, 4.69) is 49.9 Å². The monoisotopic (exact) mass is 619 g/mol. The molecule has 1 amide bonds. The van der Waals surface area contributed by atoms with E-state index in [1.807, 2.05) is 69.0 Å². The Kier molecular flexibility index (Phi) is 8.65. The van der Waals surface area contributed by atoms with E-state index in [0.29, 0.717) is 30.1 Å². The topological polar surface area (TPSA) is 92.0 Å². The number of amides is 1. The Hall–Kier alpha value is -3.34. The number of carbonyl (C=O) groups is 1. The summed E-state index contributed by atoms with van der Waals surface area (Å²) in [7, 11) is -2.10. The average Bonchev–Trinajstić information content (AvgIpc) is 3.67. The van der Waals surface area contributed by atoms with Gasteiger partial charge in [0.05, 0.1) is 17.8 Å². The van der Waals surface area contributed by atoms with Crippen LogP contribution in [0.1, 0.15) is 70.9 Å². The van der Waals surface area contributed by atoms with Crippen molar-refractivity contribution >= 4 is 20.1 Å². The first-order valence-electron chi connectivity index (χ1n) is 15.5. The van der Waals surface area contributed by atoms with Crippen molar-refractivity contribution < 1.29 is 18.1 Å². The van der Waals surface area contributed by atoms with Gasteiger partial charge in [-0.05, 0) is 55.1 Å². The number of likely N-dealkylation sites (tertiary alicyclic amines) is 1. The highest BCUT2D eigenvalue weighted by Crippen LogP contribution is 2.40. The summed E-state index contributed by atoms with van der Waals surface area (Å²) >= 11 is 0. The third-order valence-electron chi connectivity index (χ3n) is 9.42. The summed E-state index contributed by atoms with van der Waals surface area (Å²) in [6.07, 6.45) is 0.513. The van der Waals surface area contributed by atoms with Gasteiger partial charge >= 0.3 is 0 Å². The number of amidine groups is 1. The molecule has 3 heterocycles. The normalized spacial score (nSPS) is 23.2. The van der Waals surface area contributed by atoms with Crippen molar-refractivity contribution in [3.63, 3.8) is 0 Å². The second-order valence-corrected chi connectivity index (χ2v) is 19.0. The lowest BCUT2D eigenvalue weighted by atomic mass is 9.91. The molecule has 10 heteroatoms. The van der Waals surface area contributed by atoms with Crippen LogP contribution in [0.3, 0.4) is 0 Å². The lowest BCUT2D eigenvalue weighted by Crippen LogP contribution is -2.49. The van der Waals surface area contributed by atoms with Crippen LogP contribution in [0.4, 0.5) is 4.39 Å². The first-order chi connectivity index (χ1) is 20.6. The van der Waals surface area contributed by atoms with Crippen molar-refractivity contribution in [1.82, 2.24) is 20.9 Å². The standard InChI is InChI=1S/C34H46FN5O3Si/c1-21(2)30(29-18-22(3)38-42-29)32(41)40-20-25(43-44(8,9)33(4,5)6)19-28(40)31-36-34(7,39-37-31)24-16-14-23(15-17-24)26-12-10-11-13-27(26)35/h10-18,21,25,28,30,39H,19-20H2,1-9H3,(H,36,37)/t25?,28-,30?,34?/m0/s1. The van der Waals surface area contributed by atoms with Crippen LogP contribution in [-0.2, 0) is 14.9 Å². The molecule has 1 saturated heterocycles. The van der Waals surface area contributed by atoms with E-state index in [1.54, 1.807) is 12.1 Å². The van der Waals surface area contributed by atoms with E-state index in [4.69, 9.17) is 13.9 Å². The van der Waals surface area contributed by atoms with E-state index < -0.39 is 19.9 Å². The average molecular weight is 620 g/mol. The summed E-state index contributed by atoms with van der Waals surface area (Å²) in [5.41, 5.74) is 8.91. The number of halogens is 1. The number of hydrazine groups is 1. The van der Waals surface area contributed by atoms with Crippen LogP contribution >= 0.6 is 0 Å². The SMILES string of the molecule is Cc1cc(C(C(=O)N2CC(O[Si](C)(C)C(C)(C)C)C[C@H]2C2=NC(C)(c3ccc(-c4ccccc4F)cc3)NN2)C(C)C)on1. The maximum atomic E-state index is 14.4. The van der Waals surface area contributed by atoms with E-state index in [-0.39, 0.29) is 34.8 Å². The van der Waals surface area contributed by atoms with Gasteiger partial charge in [-0.25, -0.2) is 14.8 Å². The Bertz CT molecular complexity index is 1530. The number of aryl methyl sites for hydroxylation is 1. The molecule has 5 rings (SSSR count). The number of nitrogens with zero attached hydrogens (tertiary/aromatic N) is 3. The molecule has 3 aromatic rings. The van der Waals surface area contributed by atoms with Crippen LogP contribution < -0.4 is 10.9 Å². The van der Waals surface area contributed by atoms with E-state index >= 15 is 0 Å². The minimum atomic E-state index is -2.10. The molecule has 0 bridgehead atoms. The van der Waals surface area contributed by atoms with Crippen LogP contribution in [0.2, 0.25) is 18.1 Å². The number of rotatable bonds is 8. The van der Waals surface area contributed by atoms with Gasteiger partial charge in [-0.2, -0.15) is 0 Å². The zero-order chi connectivity index (χ0) is 32.0. The quantitative estimate of drug-likeness (QED) is 0.267. The lowest BCUT2D eigenvalue weighted by molar-refractivity contribution is -0.134. The largest absolute Gasteiger partial charge is 0.412 e. The molecule has 44 heavy (non-hydrogen) atoms. The molecule has 0 radical (unpaired) electrons. The van der Waals surface area contributed by atoms with Gasteiger partial charge in [0.1, 0.15) is 23.3 Å². The smallest absolute Gasteiger partial charge is 0.234 e. The zero-order valence-corrected chi connectivity index (χ0v) is 28.4. The van der Waals surface area contributed by atoms with Crippen molar-refractivity contribution in [3.05, 3.63) is 77.4 Å². The number of carbonyl (C=O) groups excluding carboxylic acids is 1. The molecule has 0 aliphatic carbocycles. The first kappa shape index (κ1) is 32.1. The van der Waals surface area contributed by atoms with Crippen molar-refractivity contribution in [2.24, 2.45) is 10.9 Å². The summed E-state index contributed by atoms with van der Waals surface area (Å²) in [6, 6.07) is 16.1. The highest BCUT2D eigenvalue weighted by atomic mass is 28.4. The third kappa shape index (κ3) is 6.25. The second-order valence-electron chi connectivity index (χ2n) is 14.2.